The molecular formula is C20H23N3O5. The number of rotatable bonds is 6. The molecule has 1 fully saturated rings. The van der Waals surface area contributed by atoms with Crippen molar-refractivity contribution in [1.82, 2.24) is 4.90 Å². The molecule has 8 heteroatoms. The van der Waals surface area contributed by atoms with E-state index in [0.29, 0.717) is 38.5 Å². The number of nitro benzene ring substituents is 1. The number of anilines is 1. The third-order valence-electron chi connectivity index (χ3n) is 4.70. The SMILES string of the molecule is CCOc1cc([N+](=O)[O-])c(C(=O)N2CCN(c3ccccc3)CC2)cc1OC. The molecule has 0 bridgehead atoms. The second-order valence-corrected chi connectivity index (χ2v) is 6.33. The molecule has 28 heavy (non-hydrogen) atoms. The highest BCUT2D eigenvalue weighted by atomic mass is 16.6. The highest BCUT2D eigenvalue weighted by Crippen LogP contribution is 2.35. The molecule has 0 unspecified atom stereocenters. The van der Waals surface area contributed by atoms with E-state index in [9.17, 15) is 14.9 Å². The van der Waals surface area contributed by atoms with E-state index in [1.165, 1.54) is 19.2 Å². The fraction of sp³-hybridized carbons (Fsp3) is 0.350. The summed E-state index contributed by atoms with van der Waals surface area (Å²) in [6.07, 6.45) is 0. The minimum Gasteiger partial charge on any atom is -0.493 e. The van der Waals surface area contributed by atoms with Crippen LogP contribution in [-0.4, -0.2) is 55.6 Å². The van der Waals surface area contributed by atoms with Crippen molar-refractivity contribution in [2.75, 3.05) is 44.8 Å². The second-order valence-electron chi connectivity index (χ2n) is 6.33. The van der Waals surface area contributed by atoms with Crippen molar-refractivity contribution in [2.24, 2.45) is 0 Å². The molecule has 0 aliphatic carbocycles. The Hall–Kier alpha value is -3.29. The van der Waals surface area contributed by atoms with E-state index >= 15 is 0 Å². The summed E-state index contributed by atoms with van der Waals surface area (Å²) in [5.41, 5.74) is 0.835. The number of hydrogen-bond donors (Lipinski definition) is 0. The van der Waals surface area contributed by atoms with Gasteiger partial charge in [-0.15, -0.1) is 0 Å². The molecule has 1 amide bonds. The van der Waals surface area contributed by atoms with E-state index in [2.05, 4.69) is 4.90 Å². The number of hydrogen-bond acceptors (Lipinski definition) is 6. The molecule has 2 aromatic rings. The summed E-state index contributed by atoms with van der Waals surface area (Å²) in [5.74, 6) is 0.182. The first-order valence-electron chi connectivity index (χ1n) is 9.13. The number of benzene rings is 2. The number of ether oxygens (including phenoxy) is 2. The van der Waals surface area contributed by atoms with Gasteiger partial charge in [0.05, 0.1) is 24.7 Å². The molecule has 148 valence electrons. The van der Waals surface area contributed by atoms with Crippen molar-refractivity contribution < 1.29 is 19.2 Å². The van der Waals surface area contributed by atoms with E-state index in [0.717, 1.165) is 5.69 Å². The van der Waals surface area contributed by atoms with Crippen molar-refractivity contribution in [1.29, 1.82) is 0 Å². The maximum Gasteiger partial charge on any atom is 0.286 e. The molecule has 3 rings (SSSR count). The molecule has 1 heterocycles. The van der Waals surface area contributed by atoms with Gasteiger partial charge >= 0.3 is 0 Å². The summed E-state index contributed by atoms with van der Waals surface area (Å²) in [6.45, 7) is 4.41. The average Bonchev–Trinajstić information content (AvgIpc) is 2.74. The van der Waals surface area contributed by atoms with Gasteiger partial charge in [-0.25, -0.2) is 0 Å². The summed E-state index contributed by atoms with van der Waals surface area (Å²) in [4.78, 5) is 27.8. The van der Waals surface area contributed by atoms with Crippen LogP contribution < -0.4 is 14.4 Å². The van der Waals surface area contributed by atoms with Gasteiger partial charge in [-0.2, -0.15) is 0 Å². The quantitative estimate of drug-likeness (QED) is 0.561. The van der Waals surface area contributed by atoms with Gasteiger partial charge in [0.2, 0.25) is 0 Å². The lowest BCUT2D eigenvalue weighted by molar-refractivity contribution is -0.385. The lowest BCUT2D eigenvalue weighted by Crippen LogP contribution is -2.48. The topological polar surface area (TPSA) is 85.1 Å². The monoisotopic (exact) mass is 385 g/mol. The Balaban J connectivity index is 1.81. The molecule has 8 nitrogen and oxygen atoms in total. The molecule has 0 saturated carbocycles. The second kappa shape index (κ2) is 8.60. The van der Waals surface area contributed by atoms with E-state index in [1.54, 1.807) is 11.8 Å². The Kier molecular flexibility index (Phi) is 5.98. The van der Waals surface area contributed by atoms with E-state index in [4.69, 9.17) is 9.47 Å². The van der Waals surface area contributed by atoms with Gasteiger partial charge in [-0.1, -0.05) is 18.2 Å². The number of methoxy groups -OCH3 is 1. The highest BCUT2D eigenvalue weighted by Gasteiger charge is 2.30. The van der Waals surface area contributed by atoms with Gasteiger partial charge in [-0.3, -0.25) is 14.9 Å². The number of amides is 1. The molecular weight excluding hydrogens is 362 g/mol. The van der Waals surface area contributed by atoms with Crippen LogP contribution in [0.5, 0.6) is 11.5 Å². The lowest BCUT2D eigenvalue weighted by Gasteiger charge is -2.36. The summed E-state index contributed by atoms with van der Waals surface area (Å²) in [6, 6.07) is 12.6. The normalized spacial score (nSPS) is 13.9. The zero-order valence-corrected chi connectivity index (χ0v) is 16.0. The Morgan fingerprint density at radius 2 is 1.79 bits per heavy atom. The molecule has 0 N–H and O–H groups in total. The van der Waals surface area contributed by atoms with Crippen molar-refractivity contribution in [2.45, 2.75) is 6.92 Å². The summed E-state index contributed by atoms with van der Waals surface area (Å²) in [7, 11) is 1.44. The van der Waals surface area contributed by atoms with Crippen molar-refractivity contribution >= 4 is 17.3 Å². The Morgan fingerprint density at radius 3 is 2.36 bits per heavy atom. The number of piperazine rings is 1. The standard InChI is InChI=1S/C20H23N3O5/c1-3-28-19-14-17(23(25)26)16(13-18(19)27-2)20(24)22-11-9-21(10-12-22)15-7-5-4-6-8-15/h4-8,13-14H,3,9-12H2,1-2H3. The first-order chi connectivity index (χ1) is 13.5. The zero-order chi connectivity index (χ0) is 20.1. The molecule has 0 spiro atoms. The van der Waals surface area contributed by atoms with Gasteiger partial charge in [0, 0.05) is 37.9 Å². The van der Waals surface area contributed by atoms with E-state index in [1.807, 2.05) is 30.3 Å². The van der Waals surface area contributed by atoms with Crippen LogP contribution in [-0.2, 0) is 0 Å². The molecule has 1 aliphatic rings. The Labute approximate surface area is 163 Å². The number of nitro groups is 1. The van der Waals surface area contributed by atoms with Crippen LogP contribution in [0.1, 0.15) is 17.3 Å². The van der Waals surface area contributed by atoms with Crippen LogP contribution in [0.25, 0.3) is 0 Å². The Morgan fingerprint density at radius 1 is 1.11 bits per heavy atom. The predicted molar refractivity (Wildman–Crippen MR) is 105 cm³/mol. The number of carbonyl (C=O) groups is 1. The third kappa shape index (κ3) is 4.00. The molecule has 1 saturated heterocycles. The van der Waals surface area contributed by atoms with Crippen molar-refractivity contribution in [3.05, 3.63) is 58.1 Å². The van der Waals surface area contributed by atoms with Crippen LogP contribution in [0.4, 0.5) is 11.4 Å². The third-order valence-corrected chi connectivity index (χ3v) is 4.70. The molecule has 0 aromatic heterocycles. The molecule has 0 radical (unpaired) electrons. The largest absolute Gasteiger partial charge is 0.493 e. The first kappa shape index (κ1) is 19.5. The fourth-order valence-corrected chi connectivity index (χ4v) is 3.28. The van der Waals surface area contributed by atoms with Gasteiger partial charge in [0.25, 0.3) is 11.6 Å². The number of nitrogens with zero attached hydrogens (tertiary/aromatic N) is 3. The van der Waals surface area contributed by atoms with E-state index in [-0.39, 0.29) is 22.9 Å². The summed E-state index contributed by atoms with van der Waals surface area (Å²) >= 11 is 0. The molecule has 2 aromatic carbocycles. The smallest absolute Gasteiger partial charge is 0.286 e. The lowest BCUT2D eigenvalue weighted by atomic mass is 10.1. The molecule has 1 aliphatic heterocycles. The van der Waals surface area contributed by atoms with Crippen LogP contribution in [0, 0.1) is 10.1 Å². The summed E-state index contributed by atoms with van der Waals surface area (Å²) in [5, 5.41) is 11.5. The van der Waals surface area contributed by atoms with Crippen LogP contribution in [0.15, 0.2) is 42.5 Å². The van der Waals surface area contributed by atoms with Gasteiger partial charge in [0.15, 0.2) is 11.5 Å². The maximum absolute atomic E-state index is 13.0. The first-order valence-corrected chi connectivity index (χ1v) is 9.13. The number of para-hydroxylation sites is 1. The van der Waals surface area contributed by atoms with Crippen LogP contribution >= 0.6 is 0 Å². The zero-order valence-electron chi connectivity index (χ0n) is 16.0. The Bertz CT molecular complexity index is 848. The predicted octanol–water partition coefficient (Wildman–Crippen LogP) is 2.96. The number of carbonyl (C=O) groups excluding carboxylic acids is 1. The minimum atomic E-state index is -0.560. The van der Waals surface area contributed by atoms with E-state index < -0.39 is 4.92 Å². The molecule has 0 atom stereocenters. The van der Waals surface area contributed by atoms with Crippen molar-refractivity contribution in [3.63, 3.8) is 0 Å². The maximum atomic E-state index is 13.0. The van der Waals surface area contributed by atoms with Crippen molar-refractivity contribution in [3.8, 4) is 11.5 Å². The van der Waals surface area contributed by atoms with Gasteiger partial charge < -0.3 is 19.3 Å². The van der Waals surface area contributed by atoms with Crippen LogP contribution in [0.2, 0.25) is 0 Å². The average molecular weight is 385 g/mol. The van der Waals surface area contributed by atoms with Gasteiger partial charge in [0.1, 0.15) is 5.56 Å². The van der Waals surface area contributed by atoms with Gasteiger partial charge in [-0.05, 0) is 19.1 Å². The highest BCUT2D eigenvalue weighted by molar-refractivity contribution is 5.99. The van der Waals surface area contributed by atoms with Crippen LogP contribution in [0.3, 0.4) is 0 Å². The fourth-order valence-electron chi connectivity index (χ4n) is 3.28. The summed E-state index contributed by atoms with van der Waals surface area (Å²) < 4.78 is 10.7. The minimum absolute atomic E-state index is 0.0125.